The molecule has 1 rings (SSSR count). The van der Waals surface area contributed by atoms with Crippen molar-refractivity contribution in [1.29, 1.82) is 0 Å². The van der Waals surface area contributed by atoms with Crippen LogP contribution in [0.1, 0.15) is 39.2 Å². The van der Waals surface area contributed by atoms with Gasteiger partial charge < -0.3 is 11.1 Å². The molecule has 19 heavy (non-hydrogen) atoms. The second-order valence-electron chi connectivity index (χ2n) is 5.90. The molecule has 0 spiro atoms. The molecule has 0 fully saturated rings. The lowest BCUT2D eigenvalue weighted by Crippen LogP contribution is -2.49. The van der Waals surface area contributed by atoms with E-state index in [2.05, 4.69) is 24.4 Å². The quantitative estimate of drug-likeness (QED) is 0.893. The predicted molar refractivity (Wildman–Crippen MR) is 82.5 cm³/mol. The van der Waals surface area contributed by atoms with E-state index >= 15 is 0 Å². The van der Waals surface area contributed by atoms with E-state index in [1.54, 1.807) is 0 Å². The van der Waals surface area contributed by atoms with Crippen molar-refractivity contribution >= 4 is 18.3 Å². The van der Waals surface area contributed by atoms with Crippen LogP contribution in [-0.4, -0.2) is 18.5 Å². The van der Waals surface area contributed by atoms with E-state index in [1.807, 2.05) is 39.0 Å². The summed E-state index contributed by atoms with van der Waals surface area (Å²) in [6, 6.07) is 9.68. The second kappa shape index (κ2) is 7.51. The molecule has 0 aromatic heterocycles. The Morgan fingerprint density at radius 1 is 1.26 bits per heavy atom. The summed E-state index contributed by atoms with van der Waals surface area (Å²) in [7, 11) is 0. The third-order valence-electron chi connectivity index (χ3n) is 3.17. The summed E-state index contributed by atoms with van der Waals surface area (Å²) in [4.78, 5) is 11.9. The van der Waals surface area contributed by atoms with Crippen LogP contribution in [0.25, 0.3) is 0 Å². The highest BCUT2D eigenvalue weighted by atomic mass is 35.5. The second-order valence-corrected chi connectivity index (χ2v) is 5.90. The fourth-order valence-corrected chi connectivity index (χ4v) is 1.66. The maximum Gasteiger partial charge on any atom is 0.237 e. The molecule has 0 aliphatic carbocycles. The molecule has 108 valence electrons. The molecule has 1 aromatic rings. The fourth-order valence-electron chi connectivity index (χ4n) is 1.66. The largest absolute Gasteiger partial charge is 0.354 e. The number of halogens is 1. The van der Waals surface area contributed by atoms with Gasteiger partial charge in [-0.25, -0.2) is 0 Å². The summed E-state index contributed by atoms with van der Waals surface area (Å²) in [5.41, 5.74) is 6.92. The van der Waals surface area contributed by atoms with E-state index in [4.69, 9.17) is 5.73 Å². The van der Waals surface area contributed by atoms with Gasteiger partial charge in [0.15, 0.2) is 0 Å². The number of hydrogen-bond donors (Lipinski definition) is 2. The van der Waals surface area contributed by atoms with Crippen molar-refractivity contribution in [2.75, 3.05) is 6.54 Å². The molecule has 1 amide bonds. The average molecular weight is 285 g/mol. The van der Waals surface area contributed by atoms with Crippen LogP contribution < -0.4 is 11.1 Å². The van der Waals surface area contributed by atoms with Gasteiger partial charge in [-0.15, -0.1) is 12.4 Å². The Kier molecular flexibility index (Phi) is 7.09. The van der Waals surface area contributed by atoms with Crippen LogP contribution in [0.15, 0.2) is 30.3 Å². The SMILES string of the molecule is CC(CNC(=O)[C@@H](N)C(C)(C)C)c1ccccc1.Cl. The molecule has 0 radical (unpaired) electrons. The van der Waals surface area contributed by atoms with E-state index in [9.17, 15) is 4.79 Å². The molecular weight excluding hydrogens is 260 g/mol. The molecule has 1 aromatic carbocycles. The first-order chi connectivity index (χ1) is 8.32. The van der Waals surface area contributed by atoms with Gasteiger partial charge in [-0.1, -0.05) is 58.0 Å². The number of benzene rings is 1. The lowest BCUT2D eigenvalue weighted by Gasteiger charge is -2.26. The number of hydrogen-bond acceptors (Lipinski definition) is 2. The Hall–Kier alpha value is -1.06. The topological polar surface area (TPSA) is 55.1 Å². The summed E-state index contributed by atoms with van der Waals surface area (Å²) in [6.45, 7) is 8.62. The first-order valence-electron chi connectivity index (χ1n) is 6.40. The number of nitrogens with two attached hydrogens (primary N) is 1. The zero-order chi connectivity index (χ0) is 13.8. The Morgan fingerprint density at radius 3 is 2.26 bits per heavy atom. The highest BCUT2D eigenvalue weighted by molar-refractivity contribution is 5.85. The van der Waals surface area contributed by atoms with Crippen LogP contribution in [0.2, 0.25) is 0 Å². The third-order valence-corrected chi connectivity index (χ3v) is 3.17. The minimum atomic E-state index is -0.472. The Bertz CT molecular complexity index is 387. The van der Waals surface area contributed by atoms with E-state index in [1.165, 1.54) is 5.56 Å². The van der Waals surface area contributed by atoms with Crippen molar-refractivity contribution in [2.24, 2.45) is 11.1 Å². The molecule has 0 saturated heterocycles. The van der Waals surface area contributed by atoms with Gasteiger partial charge in [0.2, 0.25) is 5.91 Å². The average Bonchev–Trinajstić information content (AvgIpc) is 2.34. The monoisotopic (exact) mass is 284 g/mol. The van der Waals surface area contributed by atoms with E-state index < -0.39 is 6.04 Å². The van der Waals surface area contributed by atoms with Gasteiger partial charge in [0.05, 0.1) is 6.04 Å². The highest BCUT2D eigenvalue weighted by Gasteiger charge is 2.27. The summed E-state index contributed by atoms with van der Waals surface area (Å²) in [6.07, 6.45) is 0. The van der Waals surface area contributed by atoms with E-state index in [-0.39, 0.29) is 23.7 Å². The Balaban J connectivity index is 0.00000324. The number of rotatable bonds is 4. The predicted octanol–water partition coefficient (Wildman–Crippen LogP) is 2.70. The standard InChI is InChI=1S/C15H24N2O.ClH/c1-11(12-8-6-5-7-9-12)10-17-14(18)13(16)15(2,3)4;/h5-9,11,13H,10,16H2,1-4H3,(H,17,18);1H/t11?,13-;/m1./s1. The molecule has 0 saturated carbocycles. The van der Waals surface area contributed by atoms with Crippen molar-refractivity contribution in [1.82, 2.24) is 5.32 Å². The van der Waals surface area contributed by atoms with Gasteiger partial charge in [-0.3, -0.25) is 4.79 Å². The summed E-state index contributed by atoms with van der Waals surface area (Å²) < 4.78 is 0. The minimum absolute atomic E-state index is 0. The summed E-state index contributed by atoms with van der Waals surface area (Å²) >= 11 is 0. The highest BCUT2D eigenvalue weighted by Crippen LogP contribution is 2.18. The molecule has 0 aliphatic rings. The lowest BCUT2D eigenvalue weighted by atomic mass is 9.87. The van der Waals surface area contributed by atoms with Gasteiger partial charge >= 0.3 is 0 Å². The van der Waals surface area contributed by atoms with Crippen LogP contribution in [-0.2, 0) is 4.79 Å². The van der Waals surface area contributed by atoms with Crippen LogP contribution in [0, 0.1) is 5.41 Å². The maximum atomic E-state index is 11.9. The van der Waals surface area contributed by atoms with Gasteiger partial charge in [-0.2, -0.15) is 0 Å². The Morgan fingerprint density at radius 2 is 1.79 bits per heavy atom. The van der Waals surface area contributed by atoms with E-state index in [0.717, 1.165) is 0 Å². The molecule has 0 aliphatic heterocycles. The van der Waals surface area contributed by atoms with Crippen molar-refractivity contribution < 1.29 is 4.79 Å². The molecule has 3 nitrogen and oxygen atoms in total. The van der Waals surface area contributed by atoms with Gasteiger partial charge in [0.1, 0.15) is 0 Å². The van der Waals surface area contributed by atoms with Crippen molar-refractivity contribution in [2.45, 2.75) is 39.7 Å². The lowest BCUT2D eigenvalue weighted by molar-refractivity contribution is -0.124. The van der Waals surface area contributed by atoms with Gasteiger partial charge in [-0.05, 0) is 16.9 Å². The molecule has 3 N–H and O–H groups in total. The van der Waals surface area contributed by atoms with Crippen LogP contribution in [0.5, 0.6) is 0 Å². The first-order valence-corrected chi connectivity index (χ1v) is 6.40. The van der Waals surface area contributed by atoms with Crippen LogP contribution in [0.4, 0.5) is 0 Å². The first kappa shape index (κ1) is 17.9. The van der Waals surface area contributed by atoms with Crippen molar-refractivity contribution in [3.8, 4) is 0 Å². The van der Waals surface area contributed by atoms with Crippen LogP contribution >= 0.6 is 12.4 Å². The number of carbonyl (C=O) groups excluding carboxylic acids is 1. The summed E-state index contributed by atoms with van der Waals surface area (Å²) in [5, 5.41) is 2.92. The molecule has 0 bridgehead atoms. The van der Waals surface area contributed by atoms with Gasteiger partial charge in [0.25, 0.3) is 0 Å². The molecule has 1 unspecified atom stereocenters. The Labute approximate surface area is 122 Å². The number of nitrogens with one attached hydrogen (secondary N) is 1. The fraction of sp³-hybridized carbons (Fsp3) is 0.533. The smallest absolute Gasteiger partial charge is 0.237 e. The normalized spacial score (nSPS) is 14.2. The molecular formula is C15H25ClN2O. The number of amides is 1. The number of carbonyl (C=O) groups is 1. The third kappa shape index (κ3) is 5.62. The maximum absolute atomic E-state index is 11.9. The molecule has 0 heterocycles. The summed E-state index contributed by atoms with van der Waals surface area (Å²) in [5.74, 6) is 0.215. The zero-order valence-electron chi connectivity index (χ0n) is 12.1. The molecule has 4 heteroatoms. The van der Waals surface area contributed by atoms with E-state index in [0.29, 0.717) is 12.5 Å². The van der Waals surface area contributed by atoms with Crippen molar-refractivity contribution in [3.63, 3.8) is 0 Å². The molecule has 2 atom stereocenters. The van der Waals surface area contributed by atoms with Crippen LogP contribution in [0.3, 0.4) is 0 Å². The minimum Gasteiger partial charge on any atom is -0.354 e. The zero-order valence-corrected chi connectivity index (χ0v) is 13.0. The van der Waals surface area contributed by atoms with Crippen molar-refractivity contribution in [3.05, 3.63) is 35.9 Å². The van der Waals surface area contributed by atoms with Gasteiger partial charge in [0, 0.05) is 6.54 Å².